The van der Waals surface area contributed by atoms with Crippen LogP contribution in [0.15, 0.2) is 58.4 Å². The number of primary sulfonamides is 1. The lowest BCUT2D eigenvalue weighted by Gasteiger charge is -2.17. The number of nitrogens with zero attached hydrogens (tertiary/aromatic N) is 1. The summed E-state index contributed by atoms with van der Waals surface area (Å²) in [5.74, 6) is 1.21. The number of guanidine groups is 1. The van der Waals surface area contributed by atoms with Crippen LogP contribution >= 0.6 is 24.0 Å². The molecule has 0 bridgehead atoms. The van der Waals surface area contributed by atoms with Crippen LogP contribution in [0.2, 0.25) is 0 Å². The summed E-state index contributed by atoms with van der Waals surface area (Å²) in [6, 6.07) is 13.7. The molecule has 5 N–H and O–H groups in total. The average molecular weight is 562 g/mol. The van der Waals surface area contributed by atoms with Gasteiger partial charge in [-0.1, -0.05) is 24.3 Å². The SMILES string of the molecule is CCNC(=NCc1cccc(S(N)(=O)=O)c1)NCC(O)c1cccc(OC(C)C)c1.I. The summed E-state index contributed by atoms with van der Waals surface area (Å²) in [7, 11) is -3.76. The highest BCUT2D eigenvalue weighted by Gasteiger charge is 2.11. The van der Waals surface area contributed by atoms with Gasteiger partial charge in [0.05, 0.1) is 23.6 Å². The second-order valence-electron chi connectivity index (χ2n) is 7.02. The lowest BCUT2D eigenvalue weighted by molar-refractivity contribution is 0.179. The summed E-state index contributed by atoms with van der Waals surface area (Å²) >= 11 is 0. The van der Waals surface area contributed by atoms with Crippen molar-refractivity contribution < 1.29 is 18.3 Å². The molecule has 0 saturated carbocycles. The number of halogens is 1. The fraction of sp³-hybridized carbons (Fsp3) is 0.381. The van der Waals surface area contributed by atoms with Crippen LogP contribution in [0.5, 0.6) is 5.75 Å². The first-order chi connectivity index (χ1) is 14.2. The van der Waals surface area contributed by atoms with E-state index in [9.17, 15) is 13.5 Å². The van der Waals surface area contributed by atoms with E-state index in [4.69, 9.17) is 9.88 Å². The summed E-state index contributed by atoms with van der Waals surface area (Å²) in [6.07, 6.45) is -0.703. The molecule has 2 aromatic rings. The molecule has 0 amide bonds. The van der Waals surface area contributed by atoms with Crippen molar-refractivity contribution in [3.63, 3.8) is 0 Å². The summed E-state index contributed by atoms with van der Waals surface area (Å²) in [4.78, 5) is 4.50. The normalized spacial score (nSPS) is 12.8. The standard InChI is InChI=1S/C21H30N4O4S.HI/c1-4-23-21(24-13-16-7-5-10-19(11-16)30(22,27)28)25-14-20(26)17-8-6-9-18(12-17)29-15(2)3;/h5-12,15,20,26H,4,13-14H2,1-3H3,(H2,22,27,28)(H2,23,24,25);1H. The van der Waals surface area contributed by atoms with Crippen LogP contribution in [0.25, 0.3) is 0 Å². The largest absolute Gasteiger partial charge is 0.491 e. The first kappa shape index (κ1) is 27.1. The number of hydrogen-bond donors (Lipinski definition) is 4. The molecule has 0 saturated heterocycles. The van der Waals surface area contributed by atoms with Crippen molar-refractivity contribution in [2.45, 2.75) is 44.4 Å². The van der Waals surface area contributed by atoms with Gasteiger partial charge in [-0.15, -0.1) is 24.0 Å². The van der Waals surface area contributed by atoms with Crippen LogP contribution in [0.3, 0.4) is 0 Å². The monoisotopic (exact) mass is 562 g/mol. The van der Waals surface area contributed by atoms with Gasteiger partial charge in [0.1, 0.15) is 5.75 Å². The third kappa shape index (κ3) is 9.42. The van der Waals surface area contributed by atoms with Crippen molar-refractivity contribution in [2.24, 2.45) is 10.1 Å². The molecule has 0 heterocycles. The molecular weight excluding hydrogens is 531 g/mol. The molecule has 1 unspecified atom stereocenters. The number of nitrogens with one attached hydrogen (secondary N) is 2. The van der Waals surface area contributed by atoms with Crippen molar-refractivity contribution in [1.82, 2.24) is 10.6 Å². The Morgan fingerprint density at radius 3 is 2.52 bits per heavy atom. The zero-order valence-electron chi connectivity index (χ0n) is 17.9. The smallest absolute Gasteiger partial charge is 0.238 e. The van der Waals surface area contributed by atoms with E-state index in [1.54, 1.807) is 12.1 Å². The number of sulfonamides is 1. The van der Waals surface area contributed by atoms with E-state index < -0.39 is 16.1 Å². The molecule has 172 valence electrons. The number of hydrogen-bond acceptors (Lipinski definition) is 5. The van der Waals surface area contributed by atoms with Crippen molar-refractivity contribution in [2.75, 3.05) is 13.1 Å². The van der Waals surface area contributed by atoms with E-state index in [0.717, 1.165) is 5.56 Å². The minimum Gasteiger partial charge on any atom is -0.491 e. The summed E-state index contributed by atoms with van der Waals surface area (Å²) in [5, 5.41) is 21.9. The maximum atomic E-state index is 11.5. The highest BCUT2D eigenvalue weighted by molar-refractivity contribution is 14.0. The van der Waals surface area contributed by atoms with Crippen molar-refractivity contribution >= 4 is 40.0 Å². The molecular formula is C21H31IN4O4S. The zero-order chi connectivity index (χ0) is 22.1. The number of nitrogens with two attached hydrogens (primary N) is 1. The van der Waals surface area contributed by atoms with Gasteiger partial charge in [-0.3, -0.25) is 0 Å². The van der Waals surface area contributed by atoms with Crippen LogP contribution in [0, 0.1) is 0 Å². The van der Waals surface area contributed by atoms with E-state index in [2.05, 4.69) is 15.6 Å². The van der Waals surface area contributed by atoms with E-state index >= 15 is 0 Å². The van der Waals surface area contributed by atoms with Crippen molar-refractivity contribution in [1.29, 1.82) is 0 Å². The van der Waals surface area contributed by atoms with Gasteiger partial charge < -0.3 is 20.5 Å². The first-order valence-corrected chi connectivity index (χ1v) is 11.3. The highest BCUT2D eigenvalue weighted by Crippen LogP contribution is 2.20. The minimum absolute atomic E-state index is 0. The van der Waals surface area contributed by atoms with Crippen LogP contribution in [0.4, 0.5) is 0 Å². The molecule has 0 fully saturated rings. The number of aliphatic hydroxyl groups excluding tert-OH is 1. The highest BCUT2D eigenvalue weighted by atomic mass is 127. The predicted octanol–water partition coefficient (Wildman–Crippen LogP) is 2.53. The number of aliphatic hydroxyl groups is 1. The quantitative estimate of drug-likeness (QED) is 0.212. The van der Waals surface area contributed by atoms with Gasteiger partial charge in [0.15, 0.2) is 5.96 Å². The molecule has 0 aromatic heterocycles. The molecule has 2 rings (SSSR count). The van der Waals surface area contributed by atoms with E-state index in [1.165, 1.54) is 12.1 Å². The maximum Gasteiger partial charge on any atom is 0.238 e. The Labute approximate surface area is 201 Å². The Balaban J connectivity index is 0.00000480. The molecule has 0 radical (unpaired) electrons. The Kier molecular flexibility index (Phi) is 11.2. The van der Waals surface area contributed by atoms with Crippen molar-refractivity contribution in [3.05, 3.63) is 59.7 Å². The molecule has 0 aliphatic rings. The van der Waals surface area contributed by atoms with Crippen molar-refractivity contribution in [3.8, 4) is 5.75 Å². The van der Waals surface area contributed by atoms with E-state index in [-0.39, 0.29) is 48.1 Å². The topological polar surface area (TPSA) is 126 Å². The molecule has 2 aromatic carbocycles. The predicted molar refractivity (Wildman–Crippen MR) is 133 cm³/mol. The van der Waals surface area contributed by atoms with Crippen LogP contribution in [-0.2, 0) is 16.6 Å². The fourth-order valence-electron chi connectivity index (χ4n) is 2.71. The van der Waals surface area contributed by atoms with E-state index in [0.29, 0.717) is 23.8 Å². The second-order valence-corrected chi connectivity index (χ2v) is 8.58. The molecule has 8 nitrogen and oxygen atoms in total. The molecule has 0 aliphatic carbocycles. The molecule has 0 spiro atoms. The third-order valence-electron chi connectivity index (χ3n) is 4.07. The molecule has 10 heteroatoms. The van der Waals surface area contributed by atoms with Gasteiger partial charge in [-0.25, -0.2) is 18.5 Å². The molecule has 31 heavy (non-hydrogen) atoms. The van der Waals surface area contributed by atoms with Crippen LogP contribution in [0.1, 0.15) is 38.0 Å². The molecule has 1 atom stereocenters. The van der Waals surface area contributed by atoms with Gasteiger partial charge in [0.25, 0.3) is 0 Å². The maximum absolute atomic E-state index is 11.5. The summed E-state index contributed by atoms with van der Waals surface area (Å²) in [6.45, 7) is 6.96. The Morgan fingerprint density at radius 1 is 1.16 bits per heavy atom. The number of benzene rings is 2. The minimum atomic E-state index is -3.76. The number of rotatable bonds is 9. The van der Waals surface area contributed by atoms with Crippen LogP contribution in [-0.4, -0.2) is 38.7 Å². The average Bonchev–Trinajstić information content (AvgIpc) is 2.69. The summed E-state index contributed by atoms with van der Waals surface area (Å²) < 4.78 is 28.7. The third-order valence-corrected chi connectivity index (χ3v) is 4.98. The number of ether oxygens (including phenoxy) is 1. The Hall–Kier alpha value is -1.89. The zero-order valence-corrected chi connectivity index (χ0v) is 21.1. The van der Waals surface area contributed by atoms with Gasteiger partial charge >= 0.3 is 0 Å². The first-order valence-electron chi connectivity index (χ1n) is 9.77. The Bertz CT molecular complexity index is 967. The van der Waals surface area contributed by atoms with Gasteiger partial charge in [-0.2, -0.15) is 0 Å². The fourth-order valence-corrected chi connectivity index (χ4v) is 3.30. The summed E-state index contributed by atoms with van der Waals surface area (Å²) in [5.41, 5.74) is 1.44. The second kappa shape index (κ2) is 12.8. The van der Waals surface area contributed by atoms with Gasteiger partial charge in [0.2, 0.25) is 10.0 Å². The number of aliphatic imine (C=N–C) groups is 1. The van der Waals surface area contributed by atoms with Crippen LogP contribution < -0.4 is 20.5 Å². The lowest BCUT2D eigenvalue weighted by atomic mass is 10.1. The Morgan fingerprint density at radius 2 is 1.87 bits per heavy atom. The van der Waals surface area contributed by atoms with Gasteiger partial charge in [0, 0.05) is 13.1 Å². The lowest BCUT2D eigenvalue weighted by Crippen LogP contribution is -2.39. The molecule has 0 aliphatic heterocycles. The van der Waals surface area contributed by atoms with E-state index in [1.807, 2.05) is 45.0 Å². The van der Waals surface area contributed by atoms with Gasteiger partial charge in [-0.05, 0) is 56.2 Å².